The minimum atomic E-state index is -3.57. The molecule has 45 heavy (non-hydrogen) atoms. The molecule has 10 heteroatoms. The Bertz CT molecular complexity index is 1520. The molecule has 246 valence electrons. The van der Waals surface area contributed by atoms with E-state index in [4.69, 9.17) is 13.9 Å². The van der Waals surface area contributed by atoms with Crippen LogP contribution in [0.15, 0.2) is 72.8 Å². The standard InChI is InChI=1S/C35H50N2O6SSi/c1-34(2,3)45(8,9)43-32(24-36-35(4,5)23-27-17-15-26(16-18-27)21-33(38)41-6)29-19-20-31(30(22-29)37-44(7,39)40)42-25-28-13-11-10-12-14-28/h10-20,22,32,36-37H,21,23-25H2,1-9H3/t32-/m1/s1. The van der Waals surface area contributed by atoms with Crippen molar-refractivity contribution < 1.29 is 27.1 Å². The molecule has 0 aliphatic carbocycles. The van der Waals surface area contributed by atoms with Gasteiger partial charge in [-0.3, -0.25) is 9.52 Å². The number of hydrogen-bond donors (Lipinski definition) is 2. The van der Waals surface area contributed by atoms with E-state index in [1.165, 1.54) is 7.11 Å². The van der Waals surface area contributed by atoms with Crippen LogP contribution in [0.5, 0.6) is 5.75 Å². The molecule has 3 aromatic carbocycles. The molecule has 3 rings (SSSR count). The number of hydrogen-bond acceptors (Lipinski definition) is 7. The molecule has 0 amide bonds. The number of sulfonamides is 1. The van der Waals surface area contributed by atoms with Crippen molar-refractivity contribution in [3.05, 3.63) is 95.1 Å². The summed E-state index contributed by atoms with van der Waals surface area (Å²) < 4.78 is 45.2. The van der Waals surface area contributed by atoms with E-state index in [1.807, 2.05) is 72.8 Å². The third-order valence-corrected chi connectivity index (χ3v) is 13.2. The summed E-state index contributed by atoms with van der Waals surface area (Å²) in [6, 6.07) is 23.4. The van der Waals surface area contributed by atoms with Gasteiger partial charge in [0.25, 0.3) is 0 Å². The average Bonchev–Trinajstić information content (AvgIpc) is 2.94. The Hall–Kier alpha value is -3.18. The molecule has 0 radical (unpaired) electrons. The van der Waals surface area contributed by atoms with E-state index in [1.54, 1.807) is 0 Å². The van der Waals surface area contributed by atoms with Gasteiger partial charge in [-0.25, -0.2) is 8.42 Å². The van der Waals surface area contributed by atoms with E-state index < -0.39 is 18.3 Å². The number of methoxy groups -OCH3 is 1. The second-order valence-electron chi connectivity index (χ2n) is 13.8. The summed E-state index contributed by atoms with van der Waals surface area (Å²) in [5.74, 6) is 0.186. The van der Waals surface area contributed by atoms with Crippen molar-refractivity contribution in [3.8, 4) is 5.75 Å². The van der Waals surface area contributed by atoms with E-state index in [9.17, 15) is 13.2 Å². The first-order valence-corrected chi connectivity index (χ1v) is 20.0. The Morgan fingerprint density at radius 3 is 2.09 bits per heavy atom. The first-order chi connectivity index (χ1) is 20.9. The highest BCUT2D eigenvalue weighted by molar-refractivity contribution is 7.92. The third-order valence-electron chi connectivity index (χ3n) is 8.16. The molecule has 3 aromatic rings. The lowest BCUT2D eigenvalue weighted by molar-refractivity contribution is -0.139. The molecule has 0 heterocycles. The smallest absolute Gasteiger partial charge is 0.309 e. The van der Waals surface area contributed by atoms with Crippen LogP contribution in [0.2, 0.25) is 18.1 Å². The van der Waals surface area contributed by atoms with Crippen LogP contribution in [-0.4, -0.2) is 48.2 Å². The SMILES string of the molecule is COC(=O)Cc1ccc(CC(C)(C)NC[C@@H](O[Si](C)(C)C(C)(C)C)c2ccc(OCc3ccccc3)c(NS(C)(=O)=O)c2)cc1. The summed E-state index contributed by atoms with van der Waals surface area (Å²) in [6.07, 6.45) is 1.80. The van der Waals surface area contributed by atoms with Crippen LogP contribution in [0.25, 0.3) is 0 Å². The molecule has 0 bridgehead atoms. The zero-order valence-corrected chi connectivity index (χ0v) is 30.0. The van der Waals surface area contributed by atoms with E-state index in [0.29, 0.717) is 24.6 Å². The second-order valence-corrected chi connectivity index (χ2v) is 20.3. The van der Waals surface area contributed by atoms with Crippen molar-refractivity contribution in [2.45, 2.75) is 83.8 Å². The molecular formula is C35H50N2O6SSi. The molecule has 0 aliphatic heterocycles. The number of carbonyl (C=O) groups excluding carboxylic acids is 1. The minimum absolute atomic E-state index is 0.0285. The maximum Gasteiger partial charge on any atom is 0.309 e. The van der Waals surface area contributed by atoms with Crippen molar-refractivity contribution >= 4 is 30.0 Å². The zero-order valence-electron chi connectivity index (χ0n) is 28.2. The number of nitrogens with one attached hydrogen (secondary N) is 2. The second kappa shape index (κ2) is 14.9. The highest BCUT2D eigenvalue weighted by Crippen LogP contribution is 2.41. The summed E-state index contributed by atoms with van der Waals surface area (Å²) >= 11 is 0. The van der Waals surface area contributed by atoms with Crippen molar-refractivity contribution in [2.24, 2.45) is 0 Å². The van der Waals surface area contributed by atoms with Gasteiger partial charge in [-0.15, -0.1) is 0 Å². The van der Waals surface area contributed by atoms with Crippen LogP contribution in [-0.2, 0) is 43.4 Å². The van der Waals surface area contributed by atoms with Crippen LogP contribution >= 0.6 is 0 Å². The maximum absolute atomic E-state index is 12.4. The number of anilines is 1. The van der Waals surface area contributed by atoms with Crippen LogP contribution in [0.3, 0.4) is 0 Å². The predicted octanol–water partition coefficient (Wildman–Crippen LogP) is 7.03. The third kappa shape index (κ3) is 11.6. The number of benzene rings is 3. The molecule has 0 unspecified atom stereocenters. The maximum atomic E-state index is 12.4. The monoisotopic (exact) mass is 654 g/mol. The van der Waals surface area contributed by atoms with Crippen molar-refractivity contribution in [1.82, 2.24) is 5.32 Å². The Morgan fingerprint density at radius 1 is 0.889 bits per heavy atom. The van der Waals surface area contributed by atoms with Crippen LogP contribution in [0.4, 0.5) is 5.69 Å². The Labute approximate surface area is 271 Å². The van der Waals surface area contributed by atoms with Gasteiger partial charge in [0.05, 0.1) is 31.6 Å². The van der Waals surface area contributed by atoms with Gasteiger partial charge in [0.15, 0.2) is 8.32 Å². The fourth-order valence-electron chi connectivity index (χ4n) is 4.60. The fraction of sp³-hybridized carbons (Fsp3) is 0.457. The molecule has 2 N–H and O–H groups in total. The van der Waals surface area contributed by atoms with Gasteiger partial charge in [-0.2, -0.15) is 0 Å². The van der Waals surface area contributed by atoms with Gasteiger partial charge < -0.3 is 19.2 Å². The van der Waals surface area contributed by atoms with Crippen molar-refractivity contribution in [2.75, 3.05) is 24.6 Å². The molecule has 0 saturated heterocycles. The summed E-state index contributed by atoms with van der Waals surface area (Å²) in [6.45, 7) is 16.2. The molecule has 0 spiro atoms. The Morgan fingerprint density at radius 2 is 1.51 bits per heavy atom. The van der Waals surface area contributed by atoms with Gasteiger partial charge in [-0.1, -0.05) is 81.4 Å². The largest absolute Gasteiger partial charge is 0.487 e. The minimum Gasteiger partial charge on any atom is -0.487 e. The number of esters is 1. The topological polar surface area (TPSA) is 103 Å². The van der Waals surface area contributed by atoms with Gasteiger partial charge in [-0.05, 0) is 72.8 Å². The van der Waals surface area contributed by atoms with Gasteiger partial charge in [0, 0.05) is 12.1 Å². The summed E-state index contributed by atoms with van der Waals surface area (Å²) in [5.41, 5.74) is 3.98. The molecule has 8 nitrogen and oxygen atoms in total. The normalized spacial score (nSPS) is 13.3. The summed E-state index contributed by atoms with van der Waals surface area (Å²) in [7, 11) is -4.40. The lowest BCUT2D eigenvalue weighted by Gasteiger charge is -2.40. The highest BCUT2D eigenvalue weighted by atomic mass is 32.2. The fourth-order valence-corrected chi connectivity index (χ4v) is 6.45. The average molecular weight is 655 g/mol. The van der Waals surface area contributed by atoms with Crippen LogP contribution in [0.1, 0.15) is 63.0 Å². The van der Waals surface area contributed by atoms with Crippen LogP contribution < -0.4 is 14.8 Å². The summed E-state index contributed by atoms with van der Waals surface area (Å²) in [4.78, 5) is 11.6. The lowest BCUT2D eigenvalue weighted by Crippen LogP contribution is -2.47. The predicted molar refractivity (Wildman–Crippen MR) is 185 cm³/mol. The molecule has 0 fully saturated rings. The van der Waals surface area contributed by atoms with E-state index >= 15 is 0 Å². The molecule has 1 atom stereocenters. The first kappa shape index (κ1) is 36.3. The summed E-state index contributed by atoms with van der Waals surface area (Å²) in [5, 5.41) is 3.69. The number of ether oxygens (including phenoxy) is 2. The molecule has 0 aliphatic rings. The molecular weight excluding hydrogens is 605 g/mol. The highest BCUT2D eigenvalue weighted by Gasteiger charge is 2.40. The van der Waals surface area contributed by atoms with Crippen LogP contribution in [0, 0.1) is 0 Å². The lowest BCUT2D eigenvalue weighted by atomic mass is 9.93. The Kier molecular flexibility index (Phi) is 12.0. The first-order valence-electron chi connectivity index (χ1n) is 15.2. The van der Waals surface area contributed by atoms with Crippen molar-refractivity contribution in [1.29, 1.82) is 0 Å². The van der Waals surface area contributed by atoms with Gasteiger partial charge in [0.2, 0.25) is 10.0 Å². The van der Waals surface area contributed by atoms with Crippen molar-refractivity contribution in [3.63, 3.8) is 0 Å². The quantitative estimate of drug-likeness (QED) is 0.134. The number of carbonyl (C=O) groups is 1. The Balaban J connectivity index is 1.87. The van der Waals surface area contributed by atoms with E-state index in [-0.39, 0.29) is 29.1 Å². The molecule has 0 saturated carbocycles. The van der Waals surface area contributed by atoms with E-state index in [0.717, 1.165) is 34.9 Å². The number of rotatable bonds is 15. The molecule has 0 aromatic heterocycles. The van der Waals surface area contributed by atoms with Gasteiger partial charge in [0.1, 0.15) is 12.4 Å². The van der Waals surface area contributed by atoms with Gasteiger partial charge >= 0.3 is 5.97 Å². The van der Waals surface area contributed by atoms with E-state index in [2.05, 4.69) is 57.8 Å². The zero-order chi connectivity index (χ0) is 33.5.